The fraction of sp³-hybridized carbons (Fsp3) is 0.692. The predicted octanol–water partition coefficient (Wildman–Crippen LogP) is 2.75. The van der Waals surface area contributed by atoms with Gasteiger partial charge in [0.1, 0.15) is 5.69 Å². The van der Waals surface area contributed by atoms with Gasteiger partial charge in [-0.25, -0.2) is 4.98 Å². The number of carbonyl (C=O) groups excluding carboxylic acids is 1. The van der Waals surface area contributed by atoms with Crippen LogP contribution in [-0.2, 0) is 6.42 Å². The Morgan fingerprint density at radius 2 is 2.06 bits per heavy atom. The lowest BCUT2D eigenvalue weighted by atomic mass is 9.77. The van der Waals surface area contributed by atoms with Crippen LogP contribution in [0.5, 0.6) is 0 Å². The highest BCUT2D eigenvalue weighted by molar-refractivity contribution is 7.15. The van der Waals surface area contributed by atoms with Gasteiger partial charge in [-0.1, -0.05) is 6.92 Å². The van der Waals surface area contributed by atoms with Crippen molar-refractivity contribution in [2.24, 2.45) is 11.8 Å². The standard InChI is InChI=1S/C13H18N2OS/c1-3-11-12(8(2)16)14-13(17-11)15-6-9-4-5-10(9)7-15/h9-10H,3-7H2,1-2H3. The Balaban J connectivity index is 1.85. The topological polar surface area (TPSA) is 33.2 Å². The van der Waals surface area contributed by atoms with Crippen molar-refractivity contribution in [2.75, 3.05) is 18.0 Å². The van der Waals surface area contributed by atoms with E-state index >= 15 is 0 Å². The molecule has 0 spiro atoms. The van der Waals surface area contributed by atoms with Gasteiger partial charge in [-0.2, -0.15) is 0 Å². The van der Waals surface area contributed by atoms with Crippen LogP contribution in [0.15, 0.2) is 0 Å². The van der Waals surface area contributed by atoms with Crippen molar-refractivity contribution in [1.29, 1.82) is 0 Å². The van der Waals surface area contributed by atoms with E-state index in [1.165, 1.54) is 12.8 Å². The Morgan fingerprint density at radius 1 is 1.41 bits per heavy atom. The van der Waals surface area contributed by atoms with Crippen molar-refractivity contribution >= 4 is 22.3 Å². The summed E-state index contributed by atoms with van der Waals surface area (Å²) in [6, 6.07) is 0. The number of hydrogen-bond acceptors (Lipinski definition) is 4. The molecule has 0 bridgehead atoms. The number of rotatable bonds is 3. The van der Waals surface area contributed by atoms with Gasteiger partial charge in [-0.15, -0.1) is 11.3 Å². The molecular weight excluding hydrogens is 232 g/mol. The maximum absolute atomic E-state index is 11.5. The molecule has 1 aromatic rings. The number of fused-ring (bicyclic) bond motifs is 1. The Morgan fingerprint density at radius 3 is 2.47 bits per heavy atom. The number of ketones is 1. The van der Waals surface area contributed by atoms with Crippen LogP contribution in [0, 0.1) is 11.8 Å². The molecule has 3 rings (SSSR count). The molecule has 2 heterocycles. The second kappa shape index (κ2) is 4.09. The number of hydrogen-bond donors (Lipinski definition) is 0. The number of aromatic nitrogens is 1. The summed E-state index contributed by atoms with van der Waals surface area (Å²) in [5.74, 6) is 1.89. The Kier molecular flexibility index (Phi) is 2.69. The molecule has 2 unspecified atom stereocenters. The van der Waals surface area contributed by atoms with Gasteiger partial charge in [-0.05, 0) is 31.1 Å². The van der Waals surface area contributed by atoms with Crippen molar-refractivity contribution in [3.63, 3.8) is 0 Å². The van der Waals surface area contributed by atoms with Crippen molar-refractivity contribution in [1.82, 2.24) is 4.98 Å². The first-order valence-corrected chi connectivity index (χ1v) is 7.26. The van der Waals surface area contributed by atoms with Crippen molar-refractivity contribution in [3.05, 3.63) is 10.6 Å². The van der Waals surface area contributed by atoms with Gasteiger partial charge in [-0.3, -0.25) is 4.79 Å². The van der Waals surface area contributed by atoms with Crippen LogP contribution in [0.2, 0.25) is 0 Å². The van der Waals surface area contributed by atoms with Gasteiger partial charge in [0, 0.05) is 24.9 Å². The van der Waals surface area contributed by atoms with Gasteiger partial charge in [0.25, 0.3) is 0 Å². The molecule has 4 heteroatoms. The van der Waals surface area contributed by atoms with E-state index < -0.39 is 0 Å². The van der Waals surface area contributed by atoms with Crippen molar-refractivity contribution in [3.8, 4) is 0 Å². The van der Waals surface area contributed by atoms with E-state index in [1.807, 2.05) is 0 Å². The van der Waals surface area contributed by atoms with Crippen LogP contribution in [-0.4, -0.2) is 23.9 Å². The monoisotopic (exact) mass is 250 g/mol. The van der Waals surface area contributed by atoms with E-state index in [9.17, 15) is 4.79 Å². The molecule has 92 valence electrons. The maximum atomic E-state index is 11.5. The minimum Gasteiger partial charge on any atom is -0.347 e. The lowest BCUT2D eigenvalue weighted by Crippen LogP contribution is -2.22. The zero-order valence-corrected chi connectivity index (χ0v) is 11.2. The van der Waals surface area contributed by atoms with E-state index in [4.69, 9.17) is 0 Å². The molecule has 0 amide bonds. The molecule has 1 aliphatic heterocycles. The van der Waals surface area contributed by atoms with Gasteiger partial charge >= 0.3 is 0 Å². The van der Waals surface area contributed by atoms with Crippen molar-refractivity contribution in [2.45, 2.75) is 33.1 Å². The van der Waals surface area contributed by atoms with Crippen molar-refractivity contribution < 1.29 is 4.79 Å². The molecule has 1 aliphatic carbocycles. The molecule has 2 aliphatic rings. The summed E-state index contributed by atoms with van der Waals surface area (Å²) in [5.41, 5.74) is 0.701. The minimum absolute atomic E-state index is 0.103. The van der Waals surface area contributed by atoms with Crippen LogP contribution in [0.4, 0.5) is 5.13 Å². The van der Waals surface area contributed by atoms with Crippen LogP contribution in [0.3, 0.4) is 0 Å². The summed E-state index contributed by atoms with van der Waals surface area (Å²) in [6.45, 7) is 6.01. The van der Waals surface area contributed by atoms with Crippen LogP contribution in [0.1, 0.15) is 42.1 Å². The summed E-state index contributed by atoms with van der Waals surface area (Å²) in [6.07, 6.45) is 3.67. The Labute approximate surface area is 106 Å². The van der Waals surface area contributed by atoms with Gasteiger partial charge in [0.15, 0.2) is 10.9 Å². The zero-order chi connectivity index (χ0) is 12.0. The van der Waals surface area contributed by atoms with E-state index in [2.05, 4.69) is 16.8 Å². The predicted molar refractivity (Wildman–Crippen MR) is 69.9 cm³/mol. The number of nitrogens with zero attached hydrogens (tertiary/aromatic N) is 2. The molecule has 0 aromatic carbocycles. The average Bonchev–Trinajstić information content (AvgIpc) is 2.81. The highest BCUT2D eigenvalue weighted by Crippen LogP contribution is 2.43. The first-order valence-electron chi connectivity index (χ1n) is 6.44. The molecule has 1 saturated carbocycles. The summed E-state index contributed by atoms with van der Waals surface area (Å²) in [4.78, 5) is 19.6. The fourth-order valence-electron chi connectivity index (χ4n) is 2.90. The number of anilines is 1. The number of thiazole rings is 1. The summed E-state index contributed by atoms with van der Waals surface area (Å²) < 4.78 is 0. The third-order valence-corrected chi connectivity index (χ3v) is 5.36. The molecule has 0 radical (unpaired) electrons. The van der Waals surface area contributed by atoms with E-state index in [1.54, 1.807) is 18.3 Å². The van der Waals surface area contributed by atoms with Crippen LogP contribution >= 0.6 is 11.3 Å². The van der Waals surface area contributed by atoms with Gasteiger partial charge < -0.3 is 4.90 Å². The van der Waals surface area contributed by atoms with Gasteiger partial charge in [0.05, 0.1) is 0 Å². The lowest BCUT2D eigenvalue weighted by Gasteiger charge is -2.27. The average molecular weight is 250 g/mol. The Hall–Kier alpha value is -0.900. The zero-order valence-electron chi connectivity index (χ0n) is 10.4. The lowest BCUT2D eigenvalue weighted by molar-refractivity contribution is 0.101. The SMILES string of the molecule is CCc1sc(N2CC3CCC3C2)nc1C(C)=O. The second-order valence-corrected chi connectivity index (χ2v) is 6.24. The first-order chi connectivity index (χ1) is 8.19. The molecule has 3 nitrogen and oxygen atoms in total. The largest absolute Gasteiger partial charge is 0.347 e. The maximum Gasteiger partial charge on any atom is 0.186 e. The van der Waals surface area contributed by atoms with Crippen LogP contribution < -0.4 is 4.90 Å². The van der Waals surface area contributed by atoms with E-state index in [0.29, 0.717) is 5.69 Å². The second-order valence-electron chi connectivity index (χ2n) is 5.18. The highest BCUT2D eigenvalue weighted by Gasteiger charge is 2.40. The summed E-state index contributed by atoms with van der Waals surface area (Å²) >= 11 is 1.71. The summed E-state index contributed by atoms with van der Waals surface area (Å²) in [7, 11) is 0. The van der Waals surface area contributed by atoms with E-state index in [-0.39, 0.29) is 5.78 Å². The van der Waals surface area contributed by atoms with E-state index in [0.717, 1.165) is 41.4 Å². The van der Waals surface area contributed by atoms with Crippen LogP contribution in [0.25, 0.3) is 0 Å². The molecular formula is C13H18N2OS. The molecule has 2 fully saturated rings. The number of carbonyl (C=O) groups is 1. The minimum atomic E-state index is 0.103. The smallest absolute Gasteiger partial charge is 0.186 e. The summed E-state index contributed by atoms with van der Waals surface area (Å²) in [5, 5.41) is 1.07. The fourth-order valence-corrected chi connectivity index (χ4v) is 3.97. The normalized spacial score (nSPS) is 26.8. The van der Waals surface area contributed by atoms with Gasteiger partial charge in [0.2, 0.25) is 0 Å². The first kappa shape index (κ1) is 11.2. The quantitative estimate of drug-likeness (QED) is 0.773. The number of aryl methyl sites for hydroxylation is 1. The molecule has 0 N–H and O–H groups in total. The molecule has 2 atom stereocenters. The Bertz CT molecular complexity index is 442. The third-order valence-electron chi connectivity index (χ3n) is 4.10. The number of Topliss-reactive ketones (excluding diaryl/α,β-unsaturated/α-hetero) is 1. The third kappa shape index (κ3) is 1.79. The molecule has 1 saturated heterocycles. The molecule has 17 heavy (non-hydrogen) atoms. The molecule has 1 aromatic heterocycles. The highest BCUT2D eigenvalue weighted by atomic mass is 32.1.